The zero-order valence-electron chi connectivity index (χ0n) is 15.6. The molecule has 1 heterocycles. The van der Waals surface area contributed by atoms with Crippen LogP contribution in [0.2, 0.25) is 0 Å². The number of fused-ring (bicyclic) bond motifs is 1. The fourth-order valence-corrected chi connectivity index (χ4v) is 3.14. The maximum absolute atomic E-state index is 13.5. The minimum Gasteiger partial charge on any atom is -0.457 e. The molecule has 0 fully saturated rings. The molecule has 1 aliphatic rings. The van der Waals surface area contributed by atoms with Crippen LogP contribution in [0.15, 0.2) is 60.7 Å². The van der Waals surface area contributed by atoms with Gasteiger partial charge in [0, 0.05) is 16.8 Å². The van der Waals surface area contributed by atoms with E-state index in [-0.39, 0.29) is 22.8 Å². The third-order valence-electron chi connectivity index (χ3n) is 4.60. The first-order chi connectivity index (χ1) is 14.7. The number of nitriles is 1. The second-order valence-corrected chi connectivity index (χ2v) is 6.69. The first kappa shape index (κ1) is 20.2. The molecule has 0 atom stereocenters. The number of amides is 1. The van der Waals surface area contributed by atoms with Gasteiger partial charge in [0.25, 0.3) is 5.91 Å². The lowest BCUT2D eigenvalue weighted by molar-refractivity contribution is -0.138. The second-order valence-electron chi connectivity index (χ2n) is 6.69. The Labute approximate surface area is 174 Å². The molecule has 1 aliphatic heterocycles. The van der Waals surface area contributed by atoms with Crippen LogP contribution in [-0.2, 0) is 11.0 Å². The van der Waals surface area contributed by atoms with Crippen molar-refractivity contribution < 1.29 is 27.1 Å². The van der Waals surface area contributed by atoms with E-state index < -0.39 is 23.3 Å². The minimum absolute atomic E-state index is 0.131. The molecule has 0 bridgehead atoms. The average Bonchev–Trinajstić information content (AvgIpc) is 3.03. The minimum atomic E-state index is -4.69. The Bertz CT molecular complexity index is 1260. The lowest BCUT2D eigenvalue weighted by Gasteiger charge is -2.14. The van der Waals surface area contributed by atoms with Gasteiger partial charge in [-0.05, 0) is 60.2 Å². The first-order valence-electron chi connectivity index (χ1n) is 8.97. The van der Waals surface area contributed by atoms with Gasteiger partial charge in [-0.15, -0.1) is 0 Å². The van der Waals surface area contributed by atoms with E-state index in [9.17, 15) is 22.4 Å². The fraction of sp³-hybridized carbons (Fsp3) is 0.0435. The molecule has 3 aromatic rings. The molecule has 0 spiro atoms. The molecule has 0 saturated heterocycles. The van der Waals surface area contributed by atoms with Gasteiger partial charge in [-0.1, -0.05) is 12.1 Å². The van der Waals surface area contributed by atoms with Crippen molar-refractivity contribution in [2.24, 2.45) is 0 Å². The molecule has 0 aromatic heterocycles. The Kier molecular flexibility index (Phi) is 4.95. The third kappa shape index (κ3) is 4.12. The highest BCUT2D eigenvalue weighted by molar-refractivity contribution is 6.34. The summed E-state index contributed by atoms with van der Waals surface area (Å²) >= 11 is 0. The number of carbonyl (C=O) groups excluding carboxylic acids is 1. The van der Waals surface area contributed by atoms with Crippen molar-refractivity contribution in [1.29, 1.82) is 5.26 Å². The van der Waals surface area contributed by atoms with Crippen LogP contribution < -0.4 is 10.1 Å². The van der Waals surface area contributed by atoms with Crippen LogP contribution in [0.1, 0.15) is 22.3 Å². The van der Waals surface area contributed by atoms with Crippen LogP contribution >= 0.6 is 0 Å². The zero-order valence-corrected chi connectivity index (χ0v) is 15.6. The van der Waals surface area contributed by atoms with Gasteiger partial charge in [0.05, 0.1) is 17.2 Å². The Hall–Kier alpha value is -4.12. The third-order valence-corrected chi connectivity index (χ3v) is 4.60. The van der Waals surface area contributed by atoms with Gasteiger partial charge in [-0.25, -0.2) is 4.39 Å². The number of rotatable bonds is 3. The standard InChI is InChI=1S/C23H12F4N2O2/c24-15-4-7-20-17(11-15)18(22(30)29-20)9-13-1-5-16(6-2-13)31-21-8-3-14(12-28)10-19(21)23(25,26)27/h1-11H,(H,29,30). The summed E-state index contributed by atoms with van der Waals surface area (Å²) in [6.45, 7) is 0. The Morgan fingerprint density at radius 1 is 1.00 bits per heavy atom. The monoisotopic (exact) mass is 424 g/mol. The Balaban J connectivity index is 1.61. The van der Waals surface area contributed by atoms with Crippen LogP contribution in [0, 0.1) is 17.1 Å². The normalized spacial score (nSPS) is 14.2. The number of hydrogen-bond donors (Lipinski definition) is 1. The summed E-state index contributed by atoms with van der Waals surface area (Å²) in [7, 11) is 0. The summed E-state index contributed by atoms with van der Waals surface area (Å²) in [6, 6.07) is 14.7. The fourth-order valence-electron chi connectivity index (χ4n) is 3.14. The summed E-state index contributed by atoms with van der Waals surface area (Å²) in [5.74, 6) is -1.15. The van der Waals surface area contributed by atoms with E-state index in [0.717, 1.165) is 12.1 Å². The number of nitrogens with one attached hydrogen (secondary N) is 1. The SMILES string of the molecule is N#Cc1ccc(Oc2ccc(C=C3C(=O)Nc4ccc(F)cc43)cc2)c(C(F)(F)F)c1. The van der Waals surface area contributed by atoms with Crippen molar-refractivity contribution >= 4 is 23.2 Å². The second kappa shape index (κ2) is 7.61. The lowest BCUT2D eigenvalue weighted by Crippen LogP contribution is -2.07. The summed E-state index contributed by atoms with van der Waals surface area (Å²) in [6.07, 6.45) is -3.14. The van der Waals surface area contributed by atoms with Gasteiger partial charge >= 0.3 is 6.18 Å². The van der Waals surface area contributed by atoms with E-state index in [1.807, 2.05) is 0 Å². The zero-order chi connectivity index (χ0) is 22.2. The van der Waals surface area contributed by atoms with E-state index in [4.69, 9.17) is 10.00 Å². The van der Waals surface area contributed by atoms with Crippen molar-refractivity contribution in [1.82, 2.24) is 0 Å². The van der Waals surface area contributed by atoms with Gasteiger partial charge < -0.3 is 10.1 Å². The topological polar surface area (TPSA) is 62.1 Å². The molecule has 31 heavy (non-hydrogen) atoms. The van der Waals surface area contributed by atoms with Gasteiger partial charge in [-0.2, -0.15) is 18.4 Å². The predicted octanol–water partition coefficient (Wildman–Crippen LogP) is 6.00. The van der Waals surface area contributed by atoms with Gasteiger partial charge in [0.2, 0.25) is 0 Å². The molecule has 4 nitrogen and oxygen atoms in total. The van der Waals surface area contributed by atoms with Gasteiger partial charge in [-0.3, -0.25) is 4.79 Å². The quantitative estimate of drug-likeness (QED) is 0.414. The number of halogens is 4. The average molecular weight is 424 g/mol. The van der Waals surface area contributed by atoms with E-state index in [2.05, 4.69) is 5.32 Å². The summed E-state index contributed by atoms with van der Waals surface area (Å²) in [5, 5.41) is 11.5. The lowest BCUT2D eigenvalue weighted by atomic mass is 10.0. The molecule has 0 radical (unpaired) electrons. The maximum Gasteiger partial charge on any atom is 0.420 e. The Morgan fingerprint density at radius 2 is 1.74 bits per heavy atom. The number of alkyl halides is 3. The molecule has 1 N–H and O–H groups in total. The van der Waals surface area contributed by atoms with Crippen LogP contribution in [-0.4, -0.2) is 5.91 Å². The van der Waals surface area contributed by atoms with Crippen LogP contribution in [0.4, 0.5) is 23.2 Å². The van der Waals surface area contributed by atoms with Gasteiger partial charge in [0.1, 0.15) is 17.3 Å². The molecule has 4 rings (SSSR count). The maximum atomic E-state index is 13.5. The molecule has 0 unspecified atom stereocenters. The molecule has 1 amide bonds. The Morgan fingerprint density at radius 3 is 2.42 bits per heavy atom. The van der Waals surface area contributed by atoms with E-state index >= 15 is 0 Å². The number of benzene rings is 3. The summed E-state index contributed by atoms with van der Waals surface area (Å²) in [4.78, 5) is 12.2. The van der Waals surface area contributed by atoms with Crippen molar-refractivity contribution in [2.75, 3.05) is 5.32 Å². The van der Waals surface area contributed by atoms with Crippen molar-refractivity contribution in [3.05, 3.63) is 88.7 Å². The molecular weight excluding hydrogens is 412 g/mol. The molecule has 154 valence electrons. The first-order valence-corrected chi connectivity index (χ1v) is 8.97. The molecule has 8 heteroatoms. The molecule has 0 aliphatic carbocycles. The molecule has 3 aromatic carbocycles. The van der Waals surface area contributed by atoms with E-state index in [0.29, 0.717) is 16.8 Å². The predicted molar refractivity (Wildman–Crippen MR) is 106 cm³/mol. The van der Waals surface area contributed by atoms with Crippen molar-refractivity contribution in [2.45, 2.75) is 6.18 Å². The van der Waals surface area contributed by atoms with Crippen LogP contribution in [0.3, 0.4) is 0 Å². The van der Waals surface area contributed by atoms with Crippen LogP contribution in [0.25, 0.3) is 11.6 Å². The number of anilines is 1. The number of carbonyl (C=O) groups is 1. The van der Waals surface area contributed by atoms with E-state index in [1.54, 1.807) is 24.3 Å². The van der Waals surface area contributed by atoms with Crippen molar-refractivity contribution in [3.63, 3.8) is 0 Å². The van der Waals surface area contributed by atoms with Crippen molar-refractivity contribution in [3.8, 4) is 17.6 Å². The van der Waals surface area contributed by atoms with Gasteiger partial charge in [0.15, 0.2) is 0 Å². The highest BCUT2D eigenvalue weighted by Crippen LogP contribution is 2.39. The summed E-state index contributed by atoms with van der Waals surface area (Å²) in [5.41, 5.74) is 0.586. The molecular formula is C23H12F4N2O2. The molecule has 0 saturated carbocycles. The van der Waals surface area contributed by atoms with Crippen LogP contribution in [0.5, 0.6) is 11.5 Å². The number of nitrogens with zero attached hydrogens (tertiary/aromatic N) is 1. The largest absolute Gasteiger partial charge is 0.457 e. The highest BCUT2D eigenvalue weighted by Gasteiger charge is 2.35. The van der Waals surface area contributed by atoms with E-state index in [1.165, 1.54) is 36.4 Å². The number of ether oxygens (including phenoxy) is 1. The summed E-state index contributed by atoms with van der Waals surface area (Å²) < 4.78 is 58.8. The smallest absolute Gasteiger partial charge is 0.420 e. The number of hydrogen-bond acceptors (Lipinski definition) is 3. The highest BCUT2D eigenvalue weighted by atomic mass is 19.4.